The third-order valence-electron chi connectivity index (χ3n) is 1.91. The second-order valence-electron chi connectivity index (χ2n) is 3.12. The molecule has 0 aliphatic carbocycles. The standard InChI is InChI=1S/C11H12INO3S/c1-2-16-11(15)6-17-10-4-9(13)8(12)3-7(10)5-14/h3-5H,2,6,13H2,1H3. The number of thioether (sulfide) groups is 1. The van der Waals surface area contributed by atoms with E-state index in [1.165, 1.54) is 11.8 Å². The Bertz CT molecular complexity index is 437. The lowest BCUT2D eigenvalue weighted by Gasteiger charge is -2.07. The summed E-state index contributed by atoms with van der Waals surface area (Å²) in [5, 5.41) is 0. The number of carbonyl (C=O) groups excluding carboxylic acids is 2. The first-order valence-corrected chi connectivity index (χ1v) is 6.97. The monoisotopic (exact) mass is 365 g/mol. The van der Waals surface area contributed by atoms with E-state index in [-0.39, 0.29) is 11.7 Å². The fourth-order valence-electron chi connectivity index (χ4n) is 1.14. The van der Waals surface area contributed by atoms with E-state index in [0.29, 0.717) is 22.8 Å². The average Bonchev–Trinajstić information content (AvgIpc) is 2.30. The Hall–Kier alpha value is -0.760. The number of ether oxygens (including phenoxy) is 1. The van der Waals surface area contributed by atoms with Crippen LogP contribution in [-0.2, 0) is 9.53 Å². The van der Waals surface area contributed by atoms with Crippen molar-refractivity contribution >= 4 is 52.3 Å². The molecular formula is C11H12INO3S. The summed E-state index contributed by atoms with van der Waals surface area (Å²) in [5.41, 5.74) is 6.90. The van der Waals surface area contributed by atoms with E-state index in [9.17, 15) is 9.59 Å². The Morgan fingerprint density at radius 3 is 2.88 bits per heavy atom. The van der Waals surface area contributed by atoms with Gasteiger partial charge < -0.3 is 10.5 Å². The molecule has 0 aliphatic rings. The largest absolute Gasteiger partial charge is 0.465 e. The number of hydrogen-bond donors (Lipinski definition) is 1. The van der Waals surface area contributed by atoms with Crippen LogP contribution in [0, 0.1) is 3.57 Å². The molecule has 0 unspecified atom stereocenters. The maximum Gasteiger partial charge on any atom is 0.316 e. The highest BCUT2D eigenvalue weighted by Crippen LogP contribution is 2.27. The maximum atomic E-state index is 11.2. The van der Waals surface area contributed by atoms with Crippen molar-refractivity contribution < 1.29 is 14.3 Å². The summed E-state index contributed by atoms with van der Waals surface area (Å²) in [6.45, 7) is 2.11. The molecule has 92 valence electrons. The van der Waals surface area contributed by atoms with E-state index in [1.54, 1.807) is 19.1 Å². The summed E-state index contributed by atoms with van der Waals surface area (Å²) in [6, 6.07) is 3.41. The lowest BCUT2D eigenvalue weighted by Crippen LogP contribution is -2.07. The molecule has 0 saturated carbocycles. The summed E-state index contributed by atoms with van der Waals surface area (Å²) in [7, 11) is 0. The number of aldehydes is 1. The average molecular weight is 365 g/mol. The molecule has 17 heavy (non-hydrogen) atoms. The molecule has 0 fully saturated rings. The van der Waals surface area contributed by atoms with Crippen LogP contribution < -0.4 is 5.73 Å². The molecule has 1 rings (SSSR count). The van der Waals surface area contributed by atoms with Crippen molar-refractivity contribution in [2.45, 2.75) is 11.8 Å². The van der Waals surface area contributed by atoms with E-state index in [4.69, 9.17) is 10.5 Å². The van der Waals surface area contributed by atoms with Gasteiger partial charge in [0.25, 0.3) is 0 Å². The van der Waals surface area contributed by atoms with Gasteiger partial charge in [0.1, 0.15) is 0 Å². The number of rotatable bonds is 5. The van der Waals surface area contributed by atoms with Gasteiger partial charge >= 0.3 is 5.97 Å². The van der Waals surface area contributed by atoms with E-state index < -0.39 is 0 Å². The number of esters is 1. The quantitative estimate of drug-likeness (QED) is 0.285. The van der Waals surface area contributed by atoms with Crippen LogP contribution >= 0.6 is 34.4 Å². The molecule has 0 saturated heterocycles. The van der Waals surface area contributed by atoms with Crippen LogP contribution in [-0.4, -0.2) is 24.6 Å². The summed E-state index contributed by atoms with van der Waals surface area (Å²) in [6.07, 6.45) is 0.759. The van der Waals surface area contributed by atoms with E-state index in [0.717, 1.165) is 9.86 Å². The zero-order valence-electron chi connectivity index (χ0n) is 9.23. The summed E-state index contributed by atoms with van der Waals surface area (Å²) < 4.78 is 5.63. The Labute approximate surface area is 117 Å². The van der Waals surface area contributed by atoms with Gasteiger partial charge in [-0.05, 0) is 41.6 Å². The van der Waals surface area contributed by atoms with Crippen LogP contribution in [0.15, 0.2) is 17.0 Å². The van der Waals surface area contributed by atoms with Gasteiger partial charge in [0.05, 0.1) is 12.4 Å². The molecule has 6 heteroatoms. The summed E-state index contributed by atoms with van der Waals surface area (Å²) in [4.78, 5) is 22.8. The highest BCUT2D eigenvalue weighted by molar-refractivity contribution is 14.1. The first kappa shape index (κ1) is 14.3. The molecule has 1 aromatic carbocycles. The zero-order valence-corrected chi connectivity index (χ0v) is 12.2. The molecular weight excluding hydrogens is 353 g/mol. The van der Waals surface area contributed by atoms with Crippen molar-refractivity contribution in [1.82, 2.24) is 0 Å². The third kappa shape index (κ3) is 4.19. The molecule has 2 N–H and O–H groups in total. The number of anilines is 1. The van der Waals surface area contributed by atoms with Crippen molar-refractivity contribution in [3.05, 3.63) is 21.3 Å². The fourth-order valence-corrected chi connectivity index (χ4v) is 2.47. The number of nitrogens with two attached hydrogens (primary N) is 1. The smallest absolute Gasteiger partial charge is 0.316 e. The van der Waals surface area contributed by atoms with Crippen LogP contribution in [0.1, 0.15) is 17.3 Å². The van der Waals surface area contributed by atoms with Gasteiger partial charge in [0.15, 0.2) is 6.29 Å². The fraction of sp³-hybridized carbons (Fsp3) is 0.273. The summed E-state index contributed by atoms with van der Waals surface area (Å²) in [5.74, 6) is -0.124. The second-order valence-corrected chi connectivity index (χ2v) is 5.30. The Kier molecular flexibility index (Phi) is 5.76. The van der Waals surface area contributed by atoms with Crippen LogP contribution in [0.5, 0.6) is 0 Å². The van der Waals surface area contributed by atoms with Crippen molar-refractivity contribution in [2.75, 3.05) is 18.1 Å². The topological polar surface area (TPSA) is 69.4 Å². The van der Waals surface area contributed by atoms with Gasteiger partial charge in [-0.25, -0.2) is 0 Å². The number of nitrogen functional groups attached to an aromatic ring is 1. The number of hydrogen-bond acceptors (Lipinski definition) is 5. The van der Waals surface area contributed by atoms with Crippen LogP contribution in [0.2, 0.25) is 0 Å². The lowest BCUT2D eigenvalue weighted by molar-refractivity contribution is -0.139. The van der Waals surface area contributed by atoms with Crippen LogP contribution in [0.25, 0.3) is 0 Å². The number of carbonyl (C=O) groups is 2. The van der Waals surface area contributed by atoms with E-state index in [2.05, 4.69) is 22.6 Å². The van der Waals surface area contributed by atoms with Gasteiger partial charge in [-0.3, -0.25) is 9.59 Å². The predicted octanol–water partition coefficient (Wildman–Crippen LogP) is 2.34. The molecule has 0 atom stereocenters. The van der Waals surface area contributed by atoms with Crippen LogP contribution in [0.3, 0.4) is 0 Å². The highest BCUT2D eigenvalue weighted by atomic mass is 127. The van der Waals surface area contributed by atoms with Gasteiger partial charge in [0.2, 0.25) is 0 Å². The number of halogens is 1. The molecule has 0 spiro atoms. The molecule has 0 amide bonds. The Morgan fingerprint density at radius 2 is 2.29 bits per heavy atom. The minimum absolute atomic E-state index is 0.175. The number of benzene rings is 1. The molecule has 0 bridgehead atoms. The SMILES string of the molecule is CCOC(=O)CSc1cc(N)c(I)cc1C=O. The normalized spacial score (nSPS) is 10.0. The minimum atomic E-state index is -0.300. The highest BCUT2D eigenvalue weighted by Gasteiger charge is 2.09. The molecule has 4 nitrogen and oxygen atoms in total. The van der Waals surface area contributed by atoms with Crippen molar-refractivity contribution in [1.29, 1.82) is 0 Å². The molecule has 0 heterocycles. The summed E-state index contributed by atoms with van der Waals surface area (Å²) >= 11 is 3.31. The lowest BCUT2D eigenvalue weighted by atomic mass is 10.2. The molecule has 0 aliphatic heterocycles. The second kappa shape index (κ2) is 6.85. The zero-order chi connectivity index (χ0) is 12.8. The van der Waals surface area contributed by atoms with Crippen molar-refractivity contribution in [2.24, 2.45) is 0 Å². The van der Waals surface area contributed by atoms with E-state index in [1.807, 2.05) is 0 Å². The van der Waals surface area contributed by atoms with E-state index >= 15 is 0 Å². The first-order chi connectivity index (χ1) is 8.08. The Balaban J connectivity index is 2.79. The van der Waals surface area contributed by atoms with Crippen molar-refractivity contribution in [3.63, 3.8) is 0 Å². The molecule has 1 aromatic rings. The van der Waals surface area contributed by atoms with Gasteiger partial charge in [0, 0.05) is 19.7 Å². The minimum Gasteiger partial charge on any atom is -0.465 e. The predicted molar refractivity (Wildman–Crippen MR) is 76.3 cm³/mol. The van der Waals surface area contributed by atoms with Crippen LogP contribution in [0.4, 0.5) is 5.69 Å². The first-order valence-electron chi connectivity index (χ1n) is 4.91. The molecule has 0 aromatic heterocycles. The maximum absolute atomic E-state index is 11.2. The molecule has 0 radical (unpaired) electrons. The van der Waals surface area contributed by atoms with Gasteiger partial charge in [-0.1, -0.05) is 0 Å². The Morgan fingerprint density at radius 1 is 1.59 bits per heavy atom. The third-order valence-corrected chi connectivity index (χ3v) is 3.89. The van der Waals surface area contributed by atoms with Crippen molar-refractivity contribution in [3.8, 4) is 0 Å². The van der Waals surface area contributed by atoms with Gasteiger partial charge in [-0.15, -0.1) is 11.8 Å². The van der Waals surface area contributed by atoms with Gasteiger partial charge in [-0.2, -0.15) is 0 Å².